The first-order valence-corrected chi connectivity index (χ1v) is 6.85. The van der Waals surface area contributed by atoms with E-state index in [1.165, 1.54) is 18.9 Å². The summed E-state index contributed by atoms with van der Waals surface area (Å²) in [4.78, 5) is 2.32. The quantitative estimate of drug-likeness (QED) is 0.750. The summed E-state index contributed by atoms with van der Waals surface area (Å²) < 4.78 is 13.2. The van der Waals surface area contributed by atoms with E-state index in [1.54, 1.807) is 6.07 Å². The van der Waals surface area contributed by atoms with Crippen molar-refractivity contribution in [2.75, 3.05) is 11.4 Å². The highest BCUT2D eigenvalue weighted by Crippen LogP contribution is 2.24. The molecular formula is C15H25FN2. The fraction of sp³-hybridized carbons (Fsp3) is 0.600. The lowest BCUT2D eigenvalue weighted by molar-refractivity contribution is 0.612. The first-order chi connectivity index (χ1) is 8.60. The maximum atomic E-state index is 13.2. The summed E-state index contributed by atoms with van der Waals surface area (Å²) in [5.74, 6) is -0.212. The molecule has 3 heteroatoms. The van der Waals surface area contributed by atoms with Gasteiger partial charge in [0.1, 0.15) is 5.82 Å². The second kappa shape index (κ2) is 7.37. The third-order valence-electron chi connectivity index (χ3n) is 3.20. The van der Waals surface area contributed by atoms with Gasteiger partial charge in [-0.3, -0.25) is 0 Å². The van der Waals surface area contributed by atoms with E-state index in [1.807, 2.05) is 6.07 Å². The molecule has 2 N–H and O–H groups in total. The van der Waals surface area contributed by atoms with E-state index < -0.39 is 0 Å². The third kappa shape index (κ3) is 3.98. The van der Waals surface area contributed by atoms with Crippen LogP contribution < -0.4 is 10.6 Å². The van der Waals surface area contributed by atoms with E-state index in [2.05, 4.69) is 25.7 Å². The van der Waals surface area contributed by atoms with Crippen molar-refractivity contribution >= 4 is 5.69 Å². The molecule has 0 saturated heterocycles. The molecule has 0 amide bonds. The molecule has 18 heavy (non-hydrogen) atoms. The molecule has 0 spiro atoms. The minimum absolute atomic E-state index is 0.212. The number of anilines is 1. The average Bonchev–Trinajstić information content (AvgIpc) is 2.35. The molecule has 0 atom stereocenters. The van der Waals surface area contributed by atoms with Crippen LogP contribution in [0.2, 0.25) is 0 Å². The predicted octanol–water partition coefficient (Wildman–Crippen LogP) is 3.69. The van der Waals surface area contributed by atoms with Gasteiger partial charge in [0.25, 0.3) is 0 Å². The fourth-order valence-corrected chi connectivity index (χ4v) is 2.19. The van der Waals surface area contributed by atoms with Crippen LogP contribution in [-0.4, -0.2) is 12.6 Å². The van der Waals surface area contributed by atoms with Crippen LogP contribution in [0.1, 0.15) is 45.6 Å². The molecule has 0 bridgehead atoms. The van der Waals surface area contributed by atoms with E-state index in [0.717, 1.165) is 24.2 Å². The van der Waals surface area contributed by atoms with Crippen molar-refractivity contribution in [3.05, 3.63) is 29.6 Å². The maximum Gasteiger partial charge on any atom is 0.123 e. The topological polar surface area (TPSA) is 29.3 Å². The molecule has 1 aromatic carbocycles. The van der Waals surface area contributed by atoms with Crippen molar-refractivity contribution in [3.63, 3.8) is 0 Å². The molecular weight excluding hydrogens is 227 g/mol. The Morgan fingerprint density at radius 1 is 1.28 bits per heavy atom. The smallest absolute Gasteiger partial charge is 0.123 e. The minimum atomic E-state index is -0.212. The molecule has 0 aliphatic rings. The van der Waals surface area contributed by atoms with Crippen LogP contribution >= 0.6 is 0 Å². The van der Waals surface area contributed by atoms with Crippen LogP contribution in [0.5, 0.6) is 0 Å². The first-order valence-electron chi connectivity index (χ1n) is 6.85. The molecule has 0 heterocycles. The van der Waals surface area contributed by atoms with Gasteiger partial charge in [-0.05, 0) is 44.0 Å². The van der Waals surface area contributed by atoms with Gasteiger partial charge in [-0.2, -0.15) is 0 Å². The number of nitrogens with zero attached hydrogens (tertiary/aromatic N) is 1. The van der Waals surface area contributed by atoms with Gasteiger partial charge < -0.3 is 10.6 Å². The Morgan fingerprint density at radius 2 is 2.00 bits per heavy atom. The molecule has 0 radical (unpaired) electrons. The molecule has 102 valence electrons. The molecule has 0 aliphatic heterocycles. The van der Waals surface area contributed by atoms with Crippen molar-refractivity contribution in [2.45, 2.75) is 52.6 Å². The number of halogens is 1. The van der Waals surface area contributed by atoms with Crippen LogP contribution in [0, 0.1) is 5.82 Å². The van der Waals surface area contributed by atoms with Crippen molar-refractivity contribution in [2.24, 2.45) is 5.73 Å². The highest BCUT2D eigenvalue weighted by molar-refractivity contribution is 5.54. The van der Waals surface area contributed by atoms with Gasteiger partial charge in [-0.15, -0.1) is 0 Å². The summed E-state index contributed by atoms with van der Waals surface area (Å²) >= 11 is 0. The normalized spacial score (nSPS) is 11.0. The zero-order chi connectivity index (χ0) is 13.5. The zero-order valence-corrected chi connectivity index (χ0v) is 11.7. The van der Waals surface area contributed by atoms with E-state index in [9.17, 15) is 4.39 Å². The van der Waals surface area contributed by atoms with Crippen molar-refractivity contribution in [3.8, 4) is 0 Å². The largest absolute Gasteiger partial charge is 0.369 e. The lowest BCUT2D eigenvalue weighted by Crippen LogP contribution is -2.32. The summed E-state index contributed by atoms with van der Waals surface area (Å²) in [7, 11) is 0. The second-order valence-electron chi connectivity index (χ2n) is 4.97. The summed E-state index contributed by atoms with van der Waals surface area (Å²) in [5, 5.41) is 0. The Hall–Kier alpha value is -1.09. The van der Waals surface area contributed by atoms with E-state index in [0.29, 0.717) is 12.6 Å². The molecule has 0 aromatic heterocycles. The summed E-state index contributed by atoms with van der Waals surface area (Å²) in [6.07, 6.45) is 3.59. The van der Waals surface area contributed by atoms with Gasteiger partial charge in [-0.25, -0.2) is 4.39 Å². The predicted molar refractivity (Wildman–Crippen MR) is 76.3 cm³/mol. The van der Waals surface area contributed by atoms with Gasteiger partial charge in [0, 0.05) is 24.8 Å². The van der Waals surface area contributed by atoms with Crippen molar-refractivity contribution in [1.82, 2.24) is 0 Å². The number of hydrogen-bond acceptors (Lipinski definition) is 2. The lowest BCUT2D eigenvalue weighted by atomic mass is 10.1. The molecule has 0 fully saturated rings. The minimum Gasteiger partial charge on any atom is -0.369 e. The lowest BCUT2D eigenvalue weighted by Gasteiger charge is -2.31. The highest BCUT2D eigenvalue weighted by atomic mass is 19.1. The highest BCUT2D eigenvalue weighted by Gasteiger charge is 2.14. The fourth-order valence-electron chi connectivity index (χ4n) is 2.19. The van der Waals surface area contributed by atoms with E-state index in [-0.39, 0.29) is 5.82 Å². The standard InChI is InChI=1S/C15H25FN2/c1-4-5-6-9-18(12(2)3)15-8-7-14(16)10-13(15)11-17/h7-8,10,12H,4-6,9,11,17H2,1-3H3. The molecule has 0 aliphatic carbocycles. The number of hydrogen-bond donors (Lipinski definition) is 1. The van der Waals surface area contributed by atoms with Crippen molar-refractivity contribution < 1.29 is 4.39 Å². The van der Waals surface area contributed by atoms with Gasteiger partial charge in [0.15, 0.2) is 0 Å². The Balaban J connectivity index is 2.90. The number of nitrogens with two attached hydrogens (primary N) is 1. The van der Waals surface area contributed by atoms with Gasteiger partial charge >= 0.3 is 0 Å². The van der Waals surface area contributed by atoms with Crippen LogP contribution in [0.3, 0.4) is 0 Å². The Morgan fingerprint density at radius 3 is 2.56 bits per heavy atom. The molecule has 2 nitrogen and oxygen atoms in total. The van der Waals surface area contributed by atoms with Crippen LogP contribution in [0.15, 0.2) is 18.2 Å². The first kappa shape index (κ1) is 15.0. The Bertz CT molecular complexity index is 364. The Kier molecular flexibility index (Phi) is 6.13. The van der Waals surface area contributed by atoms with Gasteiger partial charge in [-0.1, -0.05) is 19.8 Å². The van der Waals surface area contributed by atoms with Crippen LogP contribution in [0.25, 0.3) is 0 Å². The van der Waals surface area contributed by atoms with Gasteiger partial charge in [0.05, 0.1) is 0 Å². The van der Waals surface area contributed by atoms with E-state index >= 15 is 0 Å². The number of unbranched alkanes of at least 4 members (excludes halogenated alkanes) is 2. The van der Waals surface area contributed by atoms with E-state index in [4.69, 9.17) is 5.73 Å². The Labute approximate surface area is 110 Å². The molecule has 1 aromatic rings. The SMILES string of the molecule is CCCCCN(c1ccc(F)cc1CN)C(C)C. The monoisotopic (exact) mass is 252 g/mol. The summed E-state index contributed by atoms with van der Waals surface area (Å²) in [6.45, 7) is 7.91. The average molecular weight is 252 g/mol. The second-order valence-corrected chi connectivity index (χ2v) is 4.97. The van der Waals surface area contributed by atoms with Crippen LogP contribution in [-0.2, 0) is 6.54 Å². The molecule has 1 rings (SSSR count). The zero-order valence-electron chi connectivity index (χ0n) is 11.7. The summed E-state index contributed by atoms with van der Waals surface area (Å²) in [5.41, 5.74) is 7.68. The number of benzene rings is 1. The maximum absolute atomic E-state index is 13.2. The van der Waals surface area contributed by atoms with Gasteiger partial charge in [0.2, 0.25) is 0 Å². The molecule has 0 saturated carbocycles. The van der Waals surface area contributed by atoms with Crippen molar-refractivity contribution in [1.29, 1.82) is 0 Å². The third-order valence-corrected chi connectivity index (χ3v) is 3.20. The number of rotatable bonds is 7. The van der Waals surface area contributed by atoms with Crippen LogP contribution in [0.4, 0.5) is 10.1 Å². The molecule has 0 unspecified atom stereocenters. The summed E-state index contributed by atoms with van der Waals surface area (Å²) in [6, 6.07) is 5.31.